The molecule has 1 heterocycles. The first-order valence-corrected chi connectivity index (χ1v) is 7.87. The van der Waals surface area contributed by atoms with Gasteiger partial charge in [-0.3, -0.25) is 9.59 Å². The fourth-order valence-corrected chi connectivity index (χ4v) is 2.69. The highest BCUT2D eigenvalue weighted by molar-refractivity contribution is 9.10. The van der Waals surface area contributed by atoms with Crippen LogP contribution in [-0.2, 0) is 9.59 Å². The molecule has 2 atom stereocenters. The van der Waals surface area contributed by atoms with Crippen LogP contribution in [-0.4, -0.2) is 31.4 Å². The molecule has 5 nitrogen and oxygen atoms in total. The van der Waals surface area contributed by atoms with Crippen LogP contribution < -0.4 is 16.0 Å². The minimum atomic E-state index is -0.589. The summed E-state index contributed by atoms with van der Waals surface area (Å²) in [6, 6.07) is 7.54. The van der Waals surface area contributed by atoms with Crippen LogP contribution in [0.3, 0.4) is 0 Å². The quantitative estimate of drug-likeness (QED) is 0.788. The summed E-state index contributed by atoms with van der Waals surface area (Å²) in [5.74, 6) is -0.704. The number of nitrogens with zero attached hydrogens (tertiary/aromatic N) is 1. The number of carbonyl (C=O) groups excluding carboxylic acids is 2. The number of nitrogens with one attached hydrogen (secondary N) is 1. The van der Waals surface area contributed by atoms with Gasteiger partial charge in [0.15, 0.2) is 0 Å². The highest BCUT2D eigenvalue weighted by Crippen LogP contribution is 2.27. The summed E-state index contributed by atoms with van der Waals surface area (Å²) in [4.78, 5) is 26.2. The van der Waals surface area contributed by atoms with Crippen molar-refractivity contribution >= 4 is 33.4 Å². The van der Waals surface area contributed by atoms with Crippen molar-refractivity contribution < 1.29 is 9.59 Å². The molecule has 0 spiro atoms. The highest BCUT2D eigenvalue weighted by Gasteiger charge is 2.37. The molecule has 0 aliphatic carbocycles. The molecule has 1 saturated heterocycles. The van der Waals surface area contributed by atoms with E-state index in [2.05, 4.69) is 21.2 Å². The van der Waals surface area contributed by atoms with Gasteiger partial charge in [-0.25, -0.2) is 0 Å². The van der Waals surface area contributed by atoms with E-state index in [0.29, 0.717) is 26.1 Å². The van der Waals surface area contributed by atoms with Gasteiger partial charge in [-0.05, 0) is 37.1 Å². The molecule has 0 aromatic heterocycles. The Morgan fingerprint density at radius 3 is 3.00 bits per heavy atom. The number of benzene rings is 1. The van der Waals surface area contributed by atoms with Gasteiger partial charge < -0.3 is 16.0 Å². The Labute approximate surface area is 133 Å². The lowest BCUT2D eigenvalue weighted by Crippen LogP contribution is -2.39. The minimum Gasteiger partial charge on any atom is -0.355 e. The van der Waals surface area contributed by atoms with Crippen molar-refractivity contribution in [1.29, 1.82) is 0 Å². The summed E-state index contributed by atoms with van der Waals surface area (Å²) in [5.41, 5.74) is 6.34. The third kappa shape index (κ3) is 3.83. The molecule has 21 heavy (non-hydrogen) atoms. The van der Waals surface area contributed by atoms with Crippen LogP contribution in [0.4, 0.5) is 5.69 Å². The van der Waals surface area contributed by atoms with E-state index in [4.69, 9.17) is 5.73 Å². The number of hydrogen-bond donors (Lipinski definition) is 2. The molecule has 1 aliphatic heterocycles. The van der Waals surface area contributed by atoms with Crippen molar-refractivity contribution in [1.82, 2.24) is 5.32 Å². The summed E-state index contributed by atoms with van der Waals surface area (Å²) in [6.07, 6.45) is 0.550. The Hall–Kier alpha value is -1.40. The van der Waals surface area contributed by atoms with E-state index in [-0.39, 0.29) is 17.7 Å². The molecule has 0 bridgehead atoms. The molecule has 2 amide bonds. The van der Waals surface area contributed by atoms with E-state index in [0.717, 1.165) is 10.2 Å². The predicted molar refractivity (Wildman–Crippen MR) is 85.8 cm³/mol. The zero-order valence-electron chi connectivity index (χ0n) is 12.0. The van der Waals surface area contributed by atoms with Crippen molar-refractivity contribution in [3.05, 3.63) is 28.7 Å². The number of carbonyl (C=O) groups is 2. The normalized spacial score (nSPS) is 19.7. The number of anilines is 1. The summed E-state index contributed by atoms with van der Waals surface area (Å²) >= 11 is 3.39. The summed E-state index contributed by atoms with van der Waals surface area (Å²) in [5, 5.41) is 2.81. The van der Waals surface area contributed by atoms with Crippen LogP contribution in [0, 0.1) is 11.8 Å². The molecule has 0 radical (unpaired) electrons. The monoisotopic (exact) mass is 353 g/mol. The van der Waals surface area contributed by atoms with Gasteiger partial charge in [-0.2, -0.15) is 0 Å². The van der Waals surface area contributed by atoms with Crippen molar-refractivity contribution in [2.75, 3.05) is 24.5 Å². The Morgan fingerprint density at radius 2 is 2.33 bits per heavy atom. The Balaban J connectivity index is 1.99. The molecule has 6 heteroatoms. The Bertz CT molecular complexity index is 535. The standard InChI is InChI=1S/C15H20BrN3O2/c1-10(8-17)9-18-14(20)13-5-6-19(15(13)21)12-4-2-3-11(16)7-12/h2-4,7,10,13H,5-6,8-9,17H2,1H3,(H,18,20). The van der Waals surface area contributed by atoms with Gasteiger partial charge in [0.1, 0.15) is 5.92 Å². The summed E-state index contributed by atoms with van der Waals surface area (Å²) < 4.78 is 0.914. The lowest BCUT2D eigenvalue weighted by atomic mass is 10.1. The maximum Gasteiger partial charge on any atom is 0.239 e. The second-order valence-electron chi connectivity index (χ2n) is 5.40. The summed E-state index contributed by atoms with van der Waals surface area (Å²) in [7, 11) is 0. The topological polar surface area (TPSA) is 75.4 Å². The van der Waals surface area contributed by atoms with E-state index in [1.54, 1.807) is 4.90 Å². The largest absolute Gasteiger partial charge is 0.355 e. The van der Waals surface area contributed by atoms with Crippen molar-refractivity contribution in [2.24, 2.45) is 17.6 Å². The fraction of sp³-hybridized carbons (Fsp3) is 0.467. The van der Waals surface area contributed by atoms with Gasteiger partial charge in [-0.15, -0.1) is 0 Å². The molecule has 0 saturated carbocycles. The lowest BCUT2D eigenvalue weighted by molar-refractivity contribution is -0.132. The molecule has 114 valence electrons. The number of hydrogen-bond acceptors (Lipinski definition) is 3. The average Bonchev–Trinajstić information content (AvgIpc) is 2.86. The fourth-order valence-electron chi connectivity index (χ4n) is 2.30. The molecule has 1 fully saturated rings. The lowest BCUT2D eigenvalue weighted by Gasteiger charge is -2.17. The number of amides is 2. The van der Waals surface area contributed by atoms with Crippen LogP contribution >= 0.6 is 15.9 Å². The van der Waals surface area contributed by atoms with E-state index >= 15 is 0 Å². The Kier molecular flexibility index (Phi) is 5.36. The van der Waals surface area contributed by atoms with Gasteiger partial charge in [0, 0.05) is 23.2 Å². The van der Waals surface area contributed by atoms with Crippen molar-refractivity contribution in [3.8, 4) is 0 Å². The van der Waals surface area contributed by atoms with Gasteiger partial charge >= 0.3 is 0 Å². The average molecular weight is 354 g/mol. The van der Waals surface area contributed by atoms with Crippen LogP contribution in [0.15, 0.2) is 28.7 Å². The van der Waals surface area contributed by atoms with Crippen molar-refractivity contribution in [3.63, 3.8) is 0 Å². The molecule has 2 unspecified atom stereocenters. The van der Waals surface area contributed by atoms with E-state index < -0.39 is 5.92 Å². The number of rotatable bonds is 5. The predicted octanol–water partition coefficient (Wildman–Crippen LogP) is 1.51. The highest BCUT2D eigenvalue weighted by atomic mass is 79.9. The summed E-state index contributed by atoms with van der Waals surface area (Å²) in [6.45, 7) is 3.56. The number of nitrogens with two attached hydrogens (primary N) is 1. The maximum atomic E-state index is 12.4. The molecule has 1 aliphatic rings. The molecular formula is C15H20BrN3O2. The van der Waals surface area contributed by atoms with Gasteiger partial charge in [0.05, 0.1) is 0 Å². The first-order valence-electron chi connectivity index (χ1n) is 7.07. The first kappa shape index (κ1) is 16.0. The third-order valence-electron chi connectivity index (χ3n) is 3.67. The third-order valence-corrected chi connectivity index (χ3v) is 4.16. The SMILES string of the molecule is CC(CN)CNC(=O)C1CCN(c2cccc(Br)c2)C1=O. The minimum absolute atomic E-state index is 0.133. The smallest absolute Gasteiger partial charge is 0.239 e. The van der Waals surface area contributed by atoms with Crippen molar-refractivity contribution in [2.45, 2.75) is 13.3 Å². The van der Waals surface area contributed by atoms with Gasteiger partial charge in [0.25, 0.3) is 0 Å². The van der Waals surface area contributed by atoms with Gasteiger partial charge in [0.2, 0.25) is 11.8 Å². The van der Waals surface area contributed by atoms with Crippen LogP contribution in [0.5, 0.6) is 0 Å². The second-order valence-corrected chi connectivity index (χ2v) is 6.31. The van der Waals surface area contributed by atoms with Crippen LogP contribution in [0.1, 0.15) is 13.3 Å². The Morgan fingerprint density at radius 1 is 1.57 bits per heavy atom. The van der Waals surface area contributed by atoms with E-state index in [1.165, 1.54) is 0 Å². The van der Waals surface area contributed by atoms with E-state index in [9.17, 15) is 9.59 Å². The molecule has 3 N–H and O–H groups in total. The van der Waals surface area contributed by atoms with Crippen LogP contribution in [0.2, 0.25) is 0 Å². The molecule has 2 rings (SSSR count). The number of halogens is 1. The van der Waals surface area contributed by atoms with E-state index in [1.807, 2.05) is 31.2 Å². The van der Waals surface area contributed by atoms with Gasteiger partial charge in [-0.1, -0.05) is 28.9 Å². The first-order chi connectivity index (χ1) is 10.0. The zero-order valence-corrected chi connectivity index (χ0v) is 13.6. The molecular weight excluding hydrogens is 334 g/mol. The molecule has 1 aromatic carbocycles. The zero-order chi connectivity index (χ0) is 15.4. The second kappa shape index (κ2) is 7.04. The molecule has 1 aromatic rings. The maximum absolute atomic E-state index is 12.4. The van der Waals surface area contributed by atoms with Crippen LogP contribution in [0.25, 0.3) is 0 Å².